The molecule has 0 unspecified atom stereocenters. The van der Waals surface area contributed by atoms with E-state index in [0.717, 1.165) is 33.8 Å². The first-order chi connectivity index (χ1) is 16.2. The van der Waals surface area contributed by atoms with Crippen LogP contribution in [0.1, 0.15) is 28.3 Å². The maximum atomic E-state index is 9.88. The van der Waals surface area contributed by atoms with Crippen molar-refractivity contribution in [1.82, 2.24) is 9.78 Å². The Morgan fingerprint density at radius 3 is 2.33 bits per heavy atom. The number of rotatable bonds is 5. The van der Waals surface area contributed by atoms with Gasteiger partial charge in [0.2, 0.25) is 11.8 Å². The van der Waals surface area contributed by atoms with Crippen molar-refractivity contribution in [2.75, 3.05) is 0 Å². The summed E-state index contributed by atoms with van der Waals surface area (Å²) in [4.78, 5) is 0. The SMILES string of the molecule is Cc1nn(-c2ccccc2)c2c1[C@H](c1ccc(OCc3ccccc3)cc1)C(C#N)=C(N)O2. The van der Waals surface area contributed by atoms with Gasteiger partial charge in [-0.25, -0.2) is 4.68 Å². The van der Waals surface area contributed by atoms with Gasteiger partial charge in [-0.3, -0.25) is 0 Å². The molecular formula is C27H22N4O2. The van der Waals surface area contributed by atoms with Gasteiger partial charge in [0, 0.05) is 0 Å². The fraction of sp³-hybridized carbons (Fsp3) is 0.111. The highest BCUT2D eigenvalue weighted by molar-refractivity contribution is 5.57. The number of fused-ring (bicyclic) bond motifs is 1. The van der Waals surface area contributed by atoms with Gasteiger partial charge in [0.15, 0.2) is 0 Å². The molecule has 2 heterocycles. The number of benzene rings is 3. The summed E-state index contributed by atoms with van der Waals surface area (Å²) in [6.07, 6.45) is 0. The van der Waals surface area contributed by atoms with E-state index < -0.39 is 0 Å². The van der Waals surface area contributed by atoms with E-state index in [-0.39, 0.29) is 11.8 Å². The molecule has 2 N–H and O–H groups in total. The fourth-order valence-corrected chi connectivity index (χ4v) is 4.09. The van der Waals surface area contributed by atoms with Crippen LogP contribution in [0.2, 0.25) is 0 Å². The average Bonchev–Trinajstić information content (AvgIpc) is 3.19. The van der Waals surface area contributed by atoms with Gasteiger partial charge in [0.1, 0.15) is 24.0 Å². The molecule has 6 heteroatoms. The first-order valence-corrected chi connectivity index (χ1v) is 10.6. The predicted molar refractivity (Wildman–Crippen MR) is 125 cm³/mol. The summed E-state index contributed by atoms with van der Waals surface area (Å²) in [6, 6.07) is 29.7. The summed E-state index contributed by atoms with van der Waals surface area (Å²) in [5, 5.41) is 14.6. The highest BCUT2D eigenvalue weighted by atomic mass is 16.5. The van der Waals surface area contributed by atoms with Crippen molar-refractivity contribution >= 4 is 0 Å². The molecule has 162 valence electrons. The molecule has 0 amide bonds. The van der Waals surface area contributed by atoms with Crippen LogP contribution in [0.3, 0.4) is 0 Å². The third-order valence-electron chi connectivity index (χ3n) is 5.69. The number of nitriles is 1. The minimum atomic E-state index is -0.376. The zero-order valence-electron chi connectivity index (χ0n) is 18.1. The van der Waals surface area contributed by atoms with Crippen LogP contribution in [0.4, 0.5) is 0 Å². The molecule has 0 radical (unpaired) electrons. The van der Waals surface area contributed by atoms with Gasteiger partial charge in [-0.1, -0.05) is 60.7 Å². The highest BCUT2D eigenvalue weighted by Crippen LogP contribution is 2.44. The second-order valence-electron chi connectivity index (χ2n) is 7.82. The molecule has 5 rings (SSSR count). The summed E-state index contributed by atoms with van der Waals surface area (Å²) >= 11 is 0. The van der Waals surface area contributed by atoms with E-state index in [2.05, 4.69) is 6.07 Å². The topological polar surface area (TPSA) is 86.1 Å². The van der Waals surface area contributed by atoms with Gasteiger partial charge in [-0.2, -0.15) is 10.4 Å². The summed E-state index contributed by atoms with van der Waals surface area (Å²) in [7, 11) is 0. The van der Waals surface area contributed by atoms with Gasteiger partial charge in [0.25, 0.3) is 0 Å². The van der Waals surface area contributed by atoms with Crippen molar-refractivity contribution in [2.45, 2.75) is 19.4 Å². The van der Waals surface area contributed by atoms with Crippen molar-refractivity contribution in [3.05, 3.63) is 119 Å². The Kier molecular flexibility index (Phi) is 5.29. The van der Waals surface area contributed by atoms with Gasteiger partial charge >= 0.3 is 0 Å². The molecule has 33 heavy (non-hydrogen) atoms. The van der Waals surface area contributed by atoms with E-state index in [1.54, 1.807) is 4.68 Å². The predicted octanol–water partition coefficient (Wildman–Crippen LogP) is 4.98. The minimum Gasteiger partial charge on any atom is -0.489 e. The summed E-state index contributed by atoms with van der Waals surface area (Å²) in [6.45, 7) is 2.41. The number of para-hydroxylation sites is 1. The molecule has 0 aliphatic carbocycles. The van der Waals surface area contributed by atoms with Crippen molar-refractivity contribution in [1.29, 1.82) is 5.26 Å². The third-order valence-corrected chi connectivity index (χ3v) is 5.69. The van der Waals surface area contributed by atoms with Gasteiger partial charge < -0.3 is 15.2 Å². The monoisotopic (exact) mass is 434 g/mol. The van der Waals surface area contributed by atoms with Crippen molar-refractivity contribution in [3.63, 3.8) is 0 Å². The quantitative estimate of drug-likeness (QED) is 0.479. The molecule has 0 spiro atoms. The molecular weight excluding hydrogens is 412 g/mol. The molecule has 3 aromatic carbocycles. The Bertz CT molecular complexity index is 1350. The van der Waals surface area contributed by atoms with Gasteiger partial charge in [-0.05, 0) is 42.3 Å². The molecule has 1 aromatic heterocycles. The van der Waals surface area contributed by atoms with E-state index in [0.29, 0.717) is 18.1 Å². The first kappa shape index (κ1) is 20.4. The molecule has 0 bridgehead atoms. The Balaban J connectivity index is 1.50. The Morgan fingerprint density at radius 2 is 1.67 bits per heavy atom. The van der Waals surface area contributed by atoms with Crippen LogP contribution in [0.25, 0.3) is 5.69 Å². The van der Waals surface area contributed by atoms with E-state index in [1.165, 1.54) is 0 Å². The molecule has 1 atom stereocenters. The van der Waals surface area contributed by atoms with Crippen LogP contribution in [0.15, 0.2) is 96.4 Å². The van der Waals surface area contributed by atoms with E-state index in [9.17, 15) is 5.26 Å². The summed E-state index contributed by atoms with van der Waals surface area (Å²) < 4.78 is 13.6. The standard InChI is InChI=1S/C27H22N4O2/c1-18-24-25(20-12-14-22(15-13-20)32-17-19-8-4-2-5-9-19)23(16-28)26(29)33-27(24)31(30-18)21-10-6-3-7-11-21/h2-15,25H,17,29H2,1H3/t25-/m1/s1. The Morgan fingerprint density at radius 1 is 1.00 bits per heavy atom. The Hall–Kier alpha value is -4.50. The van der Waals surface area contributed by atoms with Crippen molar-refractivity contribution < 1.29 is 9.47 Å². The Labute approximate surface area is 192 Å². The zero-order chi connectivity index (χ0) is 22.8. The lowest BCUT2D eigenvalue weighted by Gasteiger charge is -2.25. The number of aromatic nitrogens is 2. The van der Waals surface area contributed by atoms with Crippen LogP contribution in [-0.4, -0.2) is 9.78 Å². The number of aryl methyl sites for hydroxylation is 1. The summed E-state index contributed by atoms with van der Waals surface area (Å²) in [5.74, 6) is 1.00. The second kappa shape index (κ2) is 8.56. The summed E-state index contributed by atoms with van der Waals surface area (Å²) in [5.41, 5.74) is 11.1. The zero-order valence-corrected chi connectivity index (χ0v) is 18.1. The van der Waals surface area contributed by atoms with Crippen LogP contribution >= 0.6 is 0 Å². The second-order valence-corrected chi connectivity index (χ2v) is 7.82. The number of nitrogens with two attached hydrogens (primary N) is 1. The van der Waals surface area contributed by atoms with Gasteiger partial charge in [0.05, 0.1) is 22.9 Å². The fourth-order valence-electron chi connectivity index (χ4n) is 4.09. The largest absolute Gasteiger partial charge is 0.489 e. The lowest BCUT2D eigenvalue weighted by atomic mass is 9.84. The number of nitrogens with zero attached hydrogens (tertiary/aromatic N) is 3. The first-order valence-electron chi connectivity index (χ1n) is 10.6. The molecule has 0 fully saturated rings. The maximum absolute atomic E-state index is 9.88. The smallest absolute Gasteiger partial charge is 0.229 e. The molecule has 4 aromatic rings. The molecule has 1 aliphatic heterocycles. The van der Waals surface area contributed by atoms with Crippen molar-refractivity contribution in [2.24, 2.45) is 5.73 Å². The molecule has 6 nitrogen and oxygen atoms in total. The molecule has 1 aliphatic rings. The maximum Gasteiger partial charge on any atom is 0.229 e. The van der Waals surface area contributed by atoms with Crippen LogP contribution in [0, 0.1) is 18.3 Å². The van der Waals surface area contributed by atoms with Crippen LogP contribution in [0.5, 0.6) is 11.6 Å². The van der Waals surface area contributed by atoms with Crippen molar-refractivity contribution in [3.8, 4) is 23.4 Å². The minimum absolute atomic E-state index is 0.0940. The number of hydrogen-bond acceptors (Lipinski definition) is 5. The van der Waals surface area contributed by atoms with E-state index in [4.69, 9.17) is 20.3 Å². The molecule has 0 saturated carbocycles. The number of hydrogen-bond donors (Lipinski definition) is 1. The highest BCUT2D eigenvalue weighted by Gasteiger charge is 2.36. The number of allylic oxidation sites excluding steroid dienone is 1. The third kappa shape index (κ3) is 3.81. The van der Waals surface area contributed by atoms with E-state index in [1.807, 2.05) is 91.9 Å². The van der Waals surface area contributed by atoms with Crippen LogP contribution < -0.4 is 15.2 Å². The lowest BCUT2D eigenvalue weighted by molar-refractivity contribution is 0.306. The average molecular weight is 434 g/mol. The number of ether oxygens (including phenoxy) is 2. The normalized spacial score (nSPS) is 14.8. The van der Waals surface area contributed by atoms with Crippen LogP contribution in [-0.2, 0) is 6.61 Å². The van der Waals surface area contributed by atoms with Gasteiger partial charge in [-0.15, -0.1) is 0 Å². The van der Waals surface area contributed by atoms with E-state index >= 15 is 0 Å². The lowest BCUT2D eigenvalue weighted by Crippen LogP contribution is -2.22. The molecule has 0 saturated heterocycles.